The molecule has 1 aliphatic rings. The fourth-order valence-corrected chi connectivity index (χ4v) is 3.56. The number of fused-ring (bicyclic) bond motifs is 1. The number of hydrogen-bond acceptors (Lipinski definition) is 2. The number of carbonyl (C=O) groups is 1. The van der Waals surface area contributed by atoms with Gasteiger partial charge in [0.05, 0.1) is 0 Å². The van der Waals surface area contributed by atoms with E-state index < -0.39 is 0 Å². The molecule has 0 saturated carbocycles. The maximum Gasteiger partial charge on any atom is 0.251 e. The Balaban J connectivity index is 1.41. The second kappa shape index (κ2) is 8.29. The van der Waals surface area contributed by atoms with Crippen LogP contribution >= 0.6 is 0 Å². The van der Waals surface area contributed by atoms with Crippen molar-refractivity contribution in [3.63, 3.8) is 0 Å². The van der Waals surface area contributed by atoms with Gasteiger partial charge in [-0.3, -0.25) is 4.79 Å². The first-order valence-electron chi connectivity index (χ1n) is 9.25. The maximum atomic E-state index is 12.3. The van der Waals surface area contributed by atoms with Gasteiger partial charge < -0.3 is 10.2 Å². The second-order valence-electron chi connectivity index (χ2n) is 6.91. The number of likely N-dealkylation sites (tertiary alicyclic amines) is 1. The molecule has 1 amide bonds. The summed E-state index contributed by atoms with van der Waals surface area (Å²) in [6.07, 6.45) is 6.24. The lowest BCUT2D eigenvalue weighted by atomic mass is 10.0. The molecule has 1 N–H and O–H groups in total. The molecule has 0 bridgehead atoms. The molecule has 0 unspecified atom stereocenters. The van der Waals surface area contributed by atoms with E-state index >= 15 is 0 Å². The molecule has 0 radical (unpaired) electrons. The van der Waals surface area contributed by atoms with Crippen LogP contribution in [0.15, 0.2) is 42.5 Å². The summed E-state index contributed by atoms with van der Waals surface area (Å²) in [5.41, 5.74) is 0.748. The largest absolute Gasteiger partial charge is 0.352 e. The summed E-state index contributed by atoms with van der Waals surface area (Å²) < 4.78 is 0. The summed E-state index contributed by atoms with van der Waals surface area (Å²) in [5, 5.41) is 5.34. The Hall–Kier alpha value is -1.87. The number of unbranched alkanes of at least 4 members (excludes halogenated alkanes) is 1. The van der Waals surface area contributed by atoms with Crippen molar-refractivity contribution in [1.82, 2.24) is 10.2 Å². The Bertz CT molecular complexity index is 682. The first-order valence-corrected chi connectivity index (χ1v) is 9.25. The average Bonchev–Trinajstić information content (AvgIpc) is 2.62. The van der Waals surface area contributed by atoms with Gasteiger partial charge in [-0.25, -0.2) is 0 Å². The van der Waals surface area contributed by atoms with Crippen molar-refractivity contribution < 1.29 is 4.79 Å². The van der Waals surface area contributed by atoms with E-state index in [-0.39, 0.29) is 5.91 Å². The highest BCUT2D eigenvalue weighted by atomic mass is 16.1. The van der Waals surface area contributed by atoms with Crippen LogP contribution in [0.3, 0.4) is 0 Å². The van der Waals surface area contributed by atoms with Gasteiger partial charge in [0.1, 0.15) is 0 Å². The zero-order chi connectivity index (χ0) is 16.8. The van der Waals surface area contributed by atoms with E-state index in [0.29, 0.717) is 0 Å². The van der Waals surface area contributed by atoms with Crippen LogP contribution in [0.25, 0.3) is 10.8 Å². The van der Waals surface area contributed by atoms with E-state index in [1.807, 2.05) is 36.4 Å². The SMILES string of the molecule is C[C@@H]1CCCCN1CCCCNC(=O)c1ccc2ccccc2c1. The van der Waals surface area contributed by atoms with Gasteiger partial charge >= 0.3 is 0 Å². The van der Waals surface area contributed by atoms with E-state index in [2.05, 4.69) is 23.2 Å². The smallest absolute Gasteiger partial charge is 0.251 e. The molecule has 3 nitrogen and oxygen atoms in total. The van der Waals surface area contributed by atoms with E-state index in [1.54, 1.807) is 0 Å². The molecule has 1 atom stereocenters. The molecular formula is C21H28N2O. The fraction of sp³-hybridized carbons (Fsp3) is 0.476. The van der Waals surface area contributed by atoms with Crippen LogP contribution in [0.4, 0.5) is 0 Å². The van der Waals surface area contributed by atoms with E-state index in [1.165, 1.54) is 31.2 Å². The third-order valence-corrected chi connectivity index (χ3v) is 5.11. The molecule has 0 aromatic heterocycles. The molecule has 24 heavy (non-hydrogen) atoms. The summed E-state index contributed by atoms with van der Waals surface area (Å²) in [7, 11) is 0. The van der Waals surface area contributed by atoms with Gasteiger partial charge in [-0.1, -0.05) is 36.8 Å². The molecule has 1 saturated heterocycles. The lowest BCUT2D eigenvalue weighted by Gasteiger charge is -2.33. The molecular weight excluding hydrogens is 296 g/mol. The van der Waals surface area contributed by atoms with Gasteiger partial charge in [0.15, 0.2) is 0 Å². The molecule has 2 aromatic carbocycles. The first-order chi connectivity index (χ1) is 11.7. The maximum absolute atomic E-state index is 12.3. The number of carbonyl (C=O) groups excluding carboxylic acids is 1. The van der Waals surface area contributed by atoms with Gasteiger partial charge in [0, 0.05) is 18.2 Å². The summed E-state index contributed by atoms with van der Waals surface area (Å²) >= 11 is 0. The normalized spacial score (nSPS) is 18.6. The number of nitrogens with zero attached hydrogens (tertiary/aromatic N) is 1. The van der Waals surface area contributed by atoms with Crippen LogP contribution in [0.2, 0.25) is 0 Å². The lowest BCUT2D eigenvalue weighted by Crippen LogP contribution is -2.38. The van der Waals surface area contributed by atoms with Gasteiger partial charge in [-0.15, -0.1) is 0 Å². The predicted molar refractivity (Wildman–Crippen MR) is 100 cm³/mol. The van der Waals surface area contributed by atoms with E-state index in [0.717, 1.165) is 42.9 Å². The Kier molecular flexibility index (Phi) is 5.86. The van der Waals surface area contributed by atoms with Crippen LogP contribution in [-0.4, -0.2) is 36.5 Å². The zero-order valence-electron chi connectivity index (χ0n) is 14.6. The third kappa shape index (κ3) is 4.35. The zero-order valence-corrected chi connectivity index (χ0v) is 14.6. The number of hydrogen-bond donors (Lipinski definition) is 1. The van der Waals surface area contributed by atoms with Gasteiger partial charge in [0.25, 0.3) is 5.91 Å². The van der Waals surface area contributed by atoms with Crippen LogP contribution in [0.5, 0.6) is 0 Å². The van der Waals surface area contributed by atoms with Gasteiger partial charge in [-0.05, 0) is 68.6 Å². The van der Waals surface area contributed by atoms with Gasteiger partial charge in [0.2, 0.25) is 0 Å². The minimum absolute atomic E-state index is 0.0343. The Morgan fingerprint density at radius 3 is 2.79 bits per heavy atom. The Morgan fingerprint density at radius 1 is 1.12 bits per heavy atom. The minimum Gasteiger partial charge on any atom is -0.352 e. The minimum atomic E-state index is 0.0343. The van der Waals surface area contributed by atoms with Crippen molar-refractivity contribution in [2.24, 2.45) is 0 Å². The van der Waals surface area contributed by atoms with Crippen molar-refractivity contribution in [1.29, 1.82) is 0 Å². The molecule has 128 valence electrons. The van der Waals surface area contributed by atoms with E-state index in [9.17, 15) is 4.79 Å². The predicted octanol–water partition coefficient (Wildman–Crippen LogP) is 4.22. The Labute approximate surface area is 145 Å². The summed E-state index contributed by atoms with van der Waals surface area (Å²) in [5.74, 6) is 0.0343. The summed E-state index contributed by atoms with van der Waals surface area (Å²) in [6, 6.07) is 14.8. The topological polar surface area (TPSA) is 32.3 Å². The monoisotopic (exact) mass is 324 g/mol. The molecule has 3 heteroatoms. The number of nitrogens with one attached hydrogen (secondary N) is 1. The van der Waals surface area contributed by atoms with Crippen molar-refractivity contribution in [3.05, 3.63) is 48.0 Å². The number of amides is 1. The number of benzene rings is 2. The van der Waals surface area contributed by atoms with Crippen molar-refractivity contribution >= 4 is 16.7 Å². The molecule has 0 spiro atoms. The van der Waals surface area contributed by atoms with Gasteiger partial charge in [-0.2, -0.15) is 0 Å². The molecule has 3 rings (SSSR count). The fourth-order valence-electron chi connectivity index (χ4n) is 3.56. The van der Waals surface area contributed by atoms with Crippen LogP contribution in [0, 0.1) is 0 Å². The molecule has 1 heterocycles. The van der Waals surface area contributed by atoms with Crippen LogP contribution in [0.1, 0.15) is 49.4 Å². The van der Waals surface area contributed by atoms with E-state index in [4.69, 9.17) is 0 Å². The first kappa shape index (κ1) is 17.0. The highest BCUT2D eigenvalue weighted by Crippen LogP contribution is 2.17. The van der Waals surface area contributed by atoms with Crippen LogP contribution in [-0.2, 0) is 0 Å². The van der Waals surface area contributed by atoms with Crippen molar-refractivity contribution in [3.8, 4) is 0 Å². The molecule has 0 aliphatic carbocycles. The highest BCUT2D eigenvalue weighted by molar-refractivity contribution is 5.98. The molecule has 2 aromatic rings. The third-order valence-electron chi connectivity index (χ3n) is 5.11. The summed E-state index contributed by atoms with van der Waals surface area (Å²) in [4.78, 5) is 14.9. The second-order valence-corrected chi connectivity index (χ2v) is 6.91. The average molecular weight is 324 g/mol. The Morgan fingerprint density at radius 2 is 1.96 bits per heavy atom. The molecule has 1 fully saturated rings. The standard InChI is InChI=1S/C21H28N2O/c1-17-8-4-6-14-23(17)15-7-5-13-22-21(24)20-12-11-18-9-2-3-10-19(18)16-20/h2-3,9-12,16-17H,4-8,13-15H2,1H3,(H,22,24)/t17-/m1/s1. The summed E-state index contributed by atoms with van der Waals surface area (Å²) in [6.45, 7) is 5.49. The lowest BCUT2D eigenvalue weighted by molar-refractivity contribution is 0.0951. The molecule has 1 aliphatic heterocycles. The van der Waals surface area contributed by atoms with Crippen LogP contribution < -0.4 is 5.32 Å². The number of rotatable bonds is 6. The van der Waals surface area contributed by atoms with Crippen molar-refractivity contribution in [2.75, 3.05) is 19.6 Å². The number of piperidine rings is 1. The quantitative estimate of drug-likeness (QED) is 0.807. The highest BCUT2D eigenvalue weighted by Gasteiger charge is 2.17. The van der Waals surface area contributed by atoms with Crippen molar-refractivity contribution in [2.45, 2.75) is 45.1 Å².